The standard InChI is InChI=1S/C17H18N2O6/c1-8-10(9(2)25-18-8)7-19-11-6-12(22-3)15(23-4)16(24-5)13(11)14(20)17(19)21/h6H,7H2,1-5H3. The molecule has 2 heterocycles. The van der Waals surface area contributed by atoms with E-state index in [1.54, 1.807) is 19.9 Å². The van der Waals surface area contributed by atoms with Crippen LogP contribution in [0.3, 0.4) is 0 Å². The lowest BCUT2D eigenvalue weighted by Crippen LogP contribution is -2.29. The molecular formula is C17H18N2O6. The Morgan fingerprint density at radius 1 is 1.08 bits per heavy atom. The molecule has 1 aromatic carbocycles. The Hall–Kier alpha value is -3.03. The third kappa shape index (κ3) is 2.41. The molecule has 0 bridgehead atoms. The fraction of sp³-hybridized carbons (Fsp3) is 0.353. The van der Waals surface area contributed by atoms with Gasteiger partial charge in [-0.25, -0.2) is 0 Å². The number of nitrogens with zero attached hydrogens (tertiary/aromatic N) is 2. The van der Waals surface area contributed by atoms with Crippen LogP contribution in [0.5, 0.6) is 17.2 Å². The predicted octanol–water partition coefficient (Wildman–Crippen LogP) is 2.05. The molecule has 0 fully saturated rings. The number of fused-ring (bicyclic) bond motifs is 1. The van der Waals surface area contributed by atoms with Crippen molar-refractivity contribution in [1.29, 1.82) is 0 Å². The van der Waals surface area contributed by atoms with E-state index in [0.717, 1.165) is 5.56 Å². The molecular weight excluding hydrogens is 328 g/mol. The van der Waals surface area contributed by atoms with Crippen molar-refractivity contribution >= 4 is 17.4 Å². The number of benzene rings is 1. The van der Waals surface area contributed by atoms with Crippen molar-refractivity contribution in [3.8, 4) is 17.2 Å². The van der Waals surface area contributed by atoms with Crippen molar-refractivity contribution in [2.75, 3.05) is 26.2 Å². The van der Waals surface area contributed by atoms with E-state index in [1.165, 1.54) is 26.2 Å². The number of ketones is 1. The predicted molar refractivity (Wildman–Crippen MR) is 87.6 cm³/mol. The number of ether oxygens (including phenoxy) is 3. The highest BCUT2D eigenvalue weighted by Crippen LogP contribution is 2.48. The van der Waals surface area contributed by atoms with E-state index < -0.39 is 11.7 Å². The summed E-state index contributed by atoms with van der Waals surface area (Å²) in [5, 5.41) is 3.89. The molecule has 2 aromatic rings. The second-order valence-corrected chi connectivity index (χ2v) is 5.56. The van der Waals surface area contributed by atoms with Crippen molar-refractivity contribution in [3.63, 3.8) is 0 Å². The van der Waals surface area contributed by atoms with Crippen LogP contribution in [0.25, 0.3) is 0 Å². The van der Waals surface area contributed by atoms with Gasteiger partial charge in [-0.3, -0.25) is 14.5 Å². The topological polar surface area (TPSA) is 91.1 Å². The van der Waals surface area contributed by atoms with Crippen LogP contribution < -0.4 is 19.1 Å². The molecule has 0 radical (unpaired) electrons. The molecule has 0 saturated heterocycles. The normalized spacial score (nSPS) is 13.2. The maximum Gasteiger partial charge on any atom is 0.299 e. The summed E-state index contributed by atoms with van der Waals surface area (Å²) in [6, 6.07) is 1.59. The third-order valence-electron chi connectivity index (χ3n) is 4.26. The highest BCUT2D eigenvalue weighted by Gasteiger charge is 2.41. The van der Waals surface area contributed by atoms with Gasteiger partial charge in [-0.15, -0.1) is 0 Å². The molecule has 8 nitrogen and oxygen atoms in total. The number of carbonyl (C=O) groups is 2. The number of rotatable bonds is 5. The molecule has 8 heteroatoms. The number of amides is 1. The fourth-order valence-electron chi connectivity index (χ4n) is 2.96. The number of hydrogen-bond donors (Lipinski definition) is 0. The molecule has 0 unspecified atom stereocenters. The quantitative estimate of drug-likeness (QED) is 0.765. The average Bonchev–Trinajstić information content (AvgIpc) is 3.05. The molecule has 1 aromatic heterocycles. The molecule has 0 atom stereocenters. The van der Waals surface area contributed by atoms with E-state index in [-0.39, 0.29) is 23.6 Å². The van der Waals surface area contributed by atoms with Crippen molar-refractivity contribution in [1.82, 2.24) is 5.16 Å². The van der Waals surface area contributed by atoms with Gasteiger partial charge in [0.05, 0.1) is 44.8 Å². The summed E-state index contributed by atoms with van der Waals surface area (Å²) < 4.78 is 21.1. The Kier molecular flexibility index (Phi) is 4.12. The number of carbonyl (C=O) groups excluding carboxylic acids is 2. The molecule has 132 valence electrons. The van der Waals surface area contributed by atoms with Gasteiger partial charge in [0, 0.05) is 11.6 Å². The summed E-state index contributed by atoms with van der Waals surface area (Å²) in [7, 11) is 4.32. The number of aryl methyl sites for hydroxylation is 2. The molecule has 0 N–H and O–H groups in total. The zero-order valence-electron chi connectivity index (χ0n) is 14.6. The highest BCUT2D eigenvalue weighted by atomic mass is 16.5. The minimum atomic E-state index is -0.653. The van der Waals surface area contributed by atoms with E-state index in [2.05, 4.69) is 5.16 Å². The summed E-state index contributed by atoms with van der Waals surface area (Å²) in [4.78, 5) is 26.5. The van der Waals surface area contributed by atoms with E-state index in [9.17, 15) is 9.59 Å². The van der Waals surface area contributed by atoms with Gasteiger partial charge in [-0.05, 0) is 13.8 Å². The van der Waals surface area contributed by atoms with Gasteiger partial charge in [0.25, 0.3) is 11.7 Å². The first-order chi connectivity index (χ1) is 11.9. The summed E-state index contributed by atoms with van der Waals surface area (Å²) in [5.41, 5.74) is 1.99. The Bertz CT molecular complexity index is 851. The number of Topliss-reactive ketones (excluding diaryl/α,β-unsaturated/α-hetero) is 1. The zero-order valence-corrected chi connectivity index (χ0v) is 14.6. The SMILES string of the molecule is COc1cc2c(c(OC)c1OC)C(=O)C(=O)N2Cc1c(C)noc1C. The van der Waals surface area contributed by atoms with Crippen LogP contribution in [0.2, 0.25) is 0 Å². The van der Waals surface area contributed by atoms with E-state index in [1.807, 2.05) is 0 Å². The lowest BCUT2D eigenvalue weighted by molar-refractivity contribution is -0.114. The molecule has 1 aliphatic heterocycles. The Labute approximate surface area is 144 Å². The maximum absolute atomic E-state index is 12.6. The molecule has 25 heavy (non-hydrogen) atoms. The van der Waals surface area contributed by atoms with Gasteiger partial charge in [-0.1, -0.05) is 5.16 Å². The van der Waals surface area contributed by atoms with Crippen molar-refractivity contribution in [2.45, 2.75) is 20.4 Å². The molecule has 0 aliphatic carbocycles. The van der Waals surface area contributed by atoms with Gasteiger partial charge in [0.2, 0.25) is 5.75 Å². The Morgan fingerprint density at radius 2 is 1.76 bits per heavy atom. The monoisotopic (exact) mass is 346 g/mol. The van der Waals surface area contributed by atoms with Gasteiger partial charge >= 0.3 is 0 Å². The summed E-state index contributed by atoms with van der Waals surface area (Å²) in [6.45, 7) is 3.70. The van der Waals surface area contributed by atoms with Crippen molar-refractivity contribution in [2.24, 2.45) is 0 Å². The Balaban J connectivity index is 2.18. The lowest BCUT2D eigenvalue weighted by atomic mass is 10.1. The molecule has 0 saturated carbocycles. The molecule has 1 aliphatic rings. The second-order valence-electron chi connectivity index (χ2n) is 5.56. The first-order valence-electron chi connectivity index (χ1n) is 7.55. The zero-order chi connectivity index (χ0) is 18.3. The minimum Gasteiger partial charge on any atom is -0.493 e. The summed E-state index contributed by atoms with van der Waals surface area (Å²) in [6.07, 6.45) is 0. The van der Waals surface area contributed by atoms with Crippen LogP contribution in [0.15, 0.2) is 10.6 Å². The molecule has 1 amide bonds. The smallest absolute Gasteiger partial charge is 0.299 e. The first-order valence-corrected chi connectivity index (χ1v) is 7.55. The van der Waals surface area contributed by atoms with Crippen molar-refractivity contribution in [3.05, 3.63) is 28.6 Å². The summed E-state index contributed by atoms with van der Waals surface area (Å²) in [5.74, 6) is 0.103. The van der Waals surface area contributed by atoms with Gasteiger partial charge in [-0.2, -0.15) is 0 Å². The van der Waals surface area contributed by atoms with Gasteiger partial charge < -0.3 is 18.7 Å². The largest absolute Gasteiger partial charge is 0.493 e. The summed E-state index contributed by atoms with van der Waals surface area (Å²) >= 11 is 0. The first kappa shape index (κ1) is 16.8. The van der Waals surface area contributed by atoms with E-state index >= 15 is 0 Å². The van der Waals surface area contributed by atoms with E-state index in [0.29, 0.717) is 22.9 Å². The van der Waals surface area contributed by atoms with Crippen LogP contribution in [0, 0.1) is 13.8 Å². The molecule has 0 spiro atoms. The third-order valence-corrected chi connectivity index (χ3v) is 4.26. The Morgan fingerprint density at radius 3 is 2.28 bits per heavy atom. The van der Waals surface area contributed by atoms with Crippen LogP contribution in [-0.4, -0.2) is 38.2 Å². The van der Waals surface area contributed by atoms with Crippen LogP contribution in [0.4, 0.5) is 5.69 Å². The van der Waals surface area contributed by atoms with Gasteiger partial charge in [0.15, 0.2) is 11.5 Å². The van der Waals surface area contributed by atoms with Crippen molar-refractivity contribution < 1.29 is 28.3 Å². The maximum atomic E-state index is 12.6. The minimum absolute atomic E-state index is 0.164. The number of hydrogen-bond acceptors (Lipinski definition) is 7. The van der Waals surface area contributed by atoms with Crippen LogP contribution in [0.1, 0.15) is 27.4 Å². The van der Waals surface area contributed by atoms with Crippen LogP contribution in [-0.2, 0) is 11.3 Å². The average molecular weight is 346 g/mol. The fourth-order valence-corrected chi connectivity index (χ4v) is 2.96. The lowest BCUT2D eigenvalue weighted by Gasteiger charge is -2.19. The number of methoxy groups -OCH3 is 3. The van der Waals surface area contributed by atoms with Crippen LogP contribution >= 0.6 is 0 Å². The van der Waals surface area contributed by atoms with E-state index in [4.69, 9.17) is 18.7 Å². The number of aromatic nitrogens is 1. The second kappa shape index (κ2) is 6.12. The molecule has 3 rings (SSSR count). The number of anilines is 1. The highest BCUT2D eigenvalue weighted by molar-refractivity contribution is 6.53. The van der Waals surface area contributed by atoms with Gasteiger partial charge in [0.1, 0.15) is 5.76 Å².